The Balaban J connectivity index is 1.48. The zero-order chi connectivity index (χ0) is 21.8. The van der Waals surface area contributed by atoms with Crippen LogP contribution in [0.4, 0.5) is 11.4 Å². The van der Waals surface area contributed by atoms with E-state index in [0.29, 0.717) is 50.8 Å². The Morgan fingerprint density at radius 3 is 1.35 bits per heavy atom. The van der Waals surface area contributed by atoms with Crippen molar-refractivity contribution in [1.29, 1.82) is 0 Å². The summed E-state index contributed by atoms with van der Waals surface area (Å²) in [6, 6.07) is 25.9. The Morgan fingerprint density at radius 1 is 0.548 bits per heavy atom. The van der Waals surface area contributed by atoms with E-state index in [2.05, 4.69) is 0 Å². The lowest BCUT2D eigenvalue weighted by atomic mass is 10.0. The molecular weight excluding hydrogens is 431 g/mol. The number of hydrogen-bond acceptors (Lipinski definition) is 4. The molecule has 0 amide bonds. The summed E-state index contributed by atoms with van der Waals surface area (Å²) in [5, 5.41) is 1.01. The number of para-hydroxylation sites is 4. The summed E-state index contributed by atoms with van der Waals surface area (Å²) in [6.07, 6.45) is 0.654. The van der Waals surface area contributed by atoms with Crippen LogP contribution in [0.1, 0.15) is 11.1 Å². The highest BCUT2D eigenvalue weighted by molar-refractivity contribution is 6.32. The maximum atomic E-state index is 6.44. The third-order valence-electron chi connectivity index (χ3n) is 4.68. The van der Waals surface area contributed by atoms with Crippen molar-refractivity contribution in [3.05, 3.63) is 106 Å². The Labute approximate surface area is 190 Å². The van der Waals surface area contributed by atoms with E-state index >= 15 is 0 Å². The largest absolute Gasteiger partial charge is 0.454 e. The topological polar surface area (TPSA) is 70.5 Å². The predicted molar refractivity (Wildman–Crippen MR) is 128 cm³/mol. The SMILES string of the molecule is Nc1ccccc1Oc1ccc(Cc2ccc(Oc3ccccc3N)c(Cl)c2)cc1Cl. The molecule has 0 aliphatic rings. The summed E-state index contributed by atoms with van der Waals surface area (Å²) in [4.78, 5) is 0. The average Bonchev–Trinajstić information content (AvgIpc) is 2.75. The molecule has 0 saturated heterocycles. The molecule has 0 bridgehead atoms. The first kappa shape index (κ1) is 20.9. The molecule has 0 saturated carbocycles. The van der Waals surface area contributed by atoms with Gasteiger partial charge >= 0.3 is 0 Å². The van der Waals surface area contributed by atoms with Crippen LogP contribution >= 0.6 is 23.2 Å². The highest BCUT2D eigenvalue weighted by Crippen LogP contribution is 2.35. The Morgan fingerprint density at radius 2 is 0.968 bits per heavy atom. The number of hydrogen-bond donors (Lipinski definition) is 2. The maximum Gasteiger partial charge on any atom is 0.150 e. The van der Waals surface area contributed by atoms with Crippen molar-refractivity contribution in [3.8, 4) is 23.0 Å². The van der Waals surface area contributed by atoms with Crippen molar-refractivity contribution in [2.75, 3.05) is 11.5 Å². The van der Waals surface area contributed by atoms with Crippen LogP contribution < -0.4 is 20.9 Å². The van der Waals surface area contributed by atoms with E-state index in [9.17, 15) is 0 Å². The third kappa shape index (κ3) is 5.05. The van der Waals surface area contributed by atoms with Gasteiger partial charge in [-0.15, -0.1) is 0 Å². The van der Waals surface area contributed by atoms with Crippen LogP contribution in [0.15, 0.2) is 84.9 Å². The molecular formula is C25H20Cl2N2O2. The van der Waals surface area contributed by atoms with Gasteiger partial charge in [-0.2, -0.15) is 0 Å². The van der Waals surface area contributed by atoms with E-state index in [-0.39, 0.29) is 0 Å². The van der Waals surface area contributed by atoms with Crippen LogP contribution in [-0.4, -0.2) is 0 Å². The number of nitrogen functional groups attached to an aromatic ring is 2. The van der Waals surface area contributed by atoms with Crippen LogP contribution in [0.2, 0.25) is 10.0 Å². The zero-order valence-corrected chi connectivity index (χ0v) is 18.0. The van der Waals surface area contributed by atoms with Gasteiger partial charge < -0.3 is 20.9 Å². The van der Waals surface area contributed by atoms with Gasteiger partial charge in [-0.1, -0.05) is 59.6 Å². The van der Waals surface area contributed by atoms with E-state index < -0.39 is 0 Å². The summed E-state index contributed by atoms with van der Waals surface area (Å²) in [6.45, 7) is 0. The summed E-state index contributed by atoms with van der Waals surface area (Å²) in [5.41, 5.74) is 15.0. The summed E-state index contributed by atoms with van der Waals surface area (Å²) in [7, 11) is 0. The second kappa shape index (κ2) is 9.21. The second-order valence-corrected chi connectivity index (χ2v) is 7.80. The lowest BCUT2D eigenvalue weighted by Crippen LogP contribution is -1.94. The molecule has 31 heavy (non-hydrogen) atoms. The molecule has 4 N–H and O–H groups in total. The molecule has 0 aromatic heterocycles. The van der Waals surface area contributed by atoms with Crippen molar-refractivity contribution in [3.63, 3.8) is 0 Å². The molecule has 156 valence electrons. The van der Waals surface area contributed by atoms with Gasteiger partial charge in [-0.05, 0) is 66.1 Å². The van der Waals surface area contributed by atoms with Gasteiger partial charge in [0, 0.05) is 0 Å². The zero-order valence-electron chi connectivity index (χ0n) is 16.5. The number of nitrogens with two attached hydrogens (primary N) is 2. The second-order valence-electron chi connectivity index (χ2n) is 6.99. The molecule has 4 aromatic rings. The monoisotopic (exact) mass is 450 g/mol. The molecule has 0 aliphatic heterocycles. The van der Waals surface area contributed by atoms with Gasteiger partial charge in [0.1, 0.15) is 23.0 Å². The fourth-order valence-electron chi connectivity index (χ4n) is 3.09. The highest BCUT2D eigenvalue weighted by atomic mass is 35.5. The molecule has 4 aromatic carbocycles. The summed E-state index contributed by atoms with van der Waals surface area (Å²) < 4.78 is 11.7. The van der Waals surface area contributed by atoms with Gasteiger partial charge in [-0.3, -0.25) is 0 Å². The van der Waals surface area contributed by atoms with Gasteiger partial charge in [0.05, 0.1) is 21.4 Å². The molecule has 0 aliphatic carbocycles. The predicted octanol–water partition coefficient (Wildman–Crippen LogP) is 7.33. The molecule has 4 rings (SSSR count). The first-order valence-electron chi connectivity index (χ1n) is 9.61. The third-order valence-corrected chi connectivity index (χ3v) is 5.27. The normalized spacial score (nSPS) is 10.6. The lowest BCUT2D eigenvalue weighted by molar-refractivity contribution is 0.485. The summed E-state index contributed by atoms with van der Waals surface area (Å²) >= 11 is 12.9. The molecule has 6 heteroatoms. The van der Waals surface area contributed by atoms with Gasteiger partial charge in [0.25, 0.3) is 0 Å². The van der Waals surface area contributed by atoms with Crippen molar-refractivity contribution in [2.24, 2.45) is 0 Å². The smallest absolute Gasteiger partial charge is 0.150 e. The number of benzene rings is 4. The van der Waals surface area contributed by atoms with E-state index in [4.69, 9.17) is 44.1 Å². The first-order valence-corrected chi connectivity index (χ1v) is 10.4. The number of anilines is 2. The van der Waals surface area contributed by atoms with Crippen molar-refractivity contribution in [1.82, 2.24) is 0 Å². The highest BCUT2D eigenvalue weighted by Gasteiger charge is 2.10. The van der Waals surface area contributed by atoms with Gasteiger partial charge in [0.15, 0.2) is 0 Å². The Bertz CT molecular complexity index is 1130. The van der Waals surface area contributed by atoms with E-state index in [1.807, 2.05) is 60.7 Å². The minimum Gasteiger partial charge on any atom is -0.454 e. The molecule has 0 fully saturated rings. The van der Waals surface area contributed by atoms with Crippen LogP contribution in [0, 0.1) is 0 Å². The van der Waals surface area contributed by atoms with Crippen molar-refractivity contribution in [2.45, 2.75) is 6.42 Å². The molecule has 4 nitrogen and oxygen atoms in total. The molecule has 0 heterocycles. The fourth-order valence-corrected chi connectivity index (χ4v) is 3.58. The van der Waals surface area contributed by atoms with Crippen LogP contribution in [0.5, 0.6) is 23.0 Å². The minimum absolute atomic E-state index is 0.506. The Kier molecular flexibility index (Phi) is 6.21. The van der Waals surface area contributed by atoms with Gasteiger partial charge in [-0.25, -0.2) is 0 Å². The quantitative estimate of drug-likeness (QED) is 0.301. The van der Waals surface area contributed by atoms with Crippen molar-refractivity contribution < 1.29 is 9.47 Å². The molecule has 0 atom stereocenters. The molecule has 0 radical (unpaired) electrons. The van der Waals surface area contributed by atoms with Crippen LogP contribution in [0.25, 0.3) is 0 Å². The van der Waals surface area contributed by atoms with Crippen LogP contribution in [-0.2, 0) is 6.42 Å². The number of rotatable bonds is 6. The standard InChI is InChI=1S/C25H20Cl2N2O2/c26-18-14-16(9-11-22(18)30-24-7-3-1-5-20(24)28)13-17-10-12-23(19(27)15-17)31-25-8-4-2-6-21(25)29/h1-12,14-15H,13,28-29H2. The summed E-state index contributed by atoms with van der Waals surface area (Å²) in [5.74, 6) is 2.23. The fraction of sp³-hybridized carbons (Fsp3) is 0.0400. The molecule has 0 spiro atoms. The molecule has 0 unspecified atom stereocenters. The first-order chi connectivity index (χ1) is 15.0. The van der Waals surface area contributed by atoms with E-state index in [0.717, 1.165) is 11.1 Å². The lowest BCUT2D eigenvalue weighted by Gasteiger charge is -2.12. The van der Waals surface area contributed by atoms with Gasteiger partial charge in [0.2, 0.25) is 0 Å². The van der Waals surface area contributed by atoms with Crippen LogP contribution in [0.3, 0.4) is 0 Å². The Hall–Kier alpha value is -3.34. The minimum atomic E-state index is 0.506. The average molecular weight is 451 g/mol. The van der Waals surface area contributed by atoms with E-state index in [1.54, 1.807) is 24.3 Å². The van der Waals surface area contributed by atoms with Crippen molar-refractivity contribution >= 4 is 34.6 Å². The van der Waals surface area contributed by atoms with E-state index in [1.165, 1.54) is 0 Å². The number of ether oxygens (including phenoxy) is 2. The maximum absolute atomic E-state index is 6.44. The number of halogens is 2.